The molecule has 12 heteroatoms. The molecule has 1 fully saturated rings. The number of amides is 1. The van der Waals surface area contributed by atoms with Gasteiger partial charge in [-0.25, -0.2) is 14.4 Å². The van der Waals surface area contributed by atoms with Crippen molar-refractivity contribution in [1.82, 2.24) is 18.8 Å². The van der Waals surface area contributed by atoms with Crippen LogP contribution in [0.2, 0.25) is 5.02 Å². The van der Waals surface area contributed by atoms with Gasteiger partial charge in [-0.2, -0.15) is 0 Å². The second kappa shape index (κ2) is 11.8. The Balaban J connectivity index is 1.17. The van der Waals surface area contributed by atoms with Crippen LogP contribution in [0.15, 0.2) is 90.1 Å². The van der Waals surface area contributed by atoms with Gasteiger partial charge >= 0.3 is 0 Å². The highest BCUT2D eigenvalue weighted by atomic mass is 35.5. The number of anilines is 1. The van der Waals surface area contributed by atoms with E-state index in [9.17, 15) is 19.3 Å². The lowest BCUT2D eigenvalue weighted by Crippen LogP contribution is -2.42. The lowest BCUT2D eigenvalue weighted by Gasteiger charge is -2.32. The number of non-ortho nitro benzene ring substituents is 1. The number of fused-ring (bicyclic) bond motifs is 1. The zero-order valence-corrected chi connectivity index (χ0v) is 23.7. The van der Waals surface area contributed by atoms with Crippen molar-refractivity contribution in [2.45, 2.75) is 23.8 Å². The van der Waals surface area contributed by atoms with Gasteiger partial charge in [0.05, 0.1) is 39.0 Å². The van der Waals surface area contributed by atoms with Crippen LogP contribution < -0.4 is 5.32 Å². The second-order valence-electron chi connectivity index (χ2n) is 9.81. The van der Waals surface area contributed by atoms with Gasteiger partial charge < -0.3 is 10.2 Å². The fraction of sp³-hybridized carbons (Fsp3) is 0.167. The zero-order valence-electron chi connectivity index (χ0n) is 22.1. The maximum atomic E-state index is 14.4. The van der Waals surface area contributed by atoms with E-state index in [1.165, 1.54) is 6.07 Å². The SMILES string of the molecule is O=C(c1ccc([N+](=O)[O-])cc1F)N1CCC(Nc2ncc(Cl)c(-c3cn(Sc4ccccc4)c4ccccc34)n2)CC1. The van der Waals surface area contributed by atoms with Crippen LogP contribution >= 0.6 is 23.5 Å². The molecule has 0 radical (unpaired) electrons. The summed E-state index contributed by atoms with van der Waals surface area (Å²) in [4.78, 5) is 34.9. The molecule has 0 saturated carbocycles. The second-order valence-corrected chi connectivity index (χ2v) is 11.3. The molecule has 1 saturated heterocycles. The van der Waals surface area contributed by atoms with E-state index in [1.54, 1.807) is 23.0 Å². The Morgan fingerprint density at radius 1 is 1.07 bits per heavy atom. The molecule has 1 N–H and O–H groups in total. The van der Waals surface area contributed by atoms with E-state index in [0.717, 1.165) is 33.5 Å². The van der Waals surface area contributed by atoms with Gasteiger partial charge in [0.2, 0.25) is 5.95 Å². The van der Waals surface area contributed by atoms with E-state index < -0.39 is 22.3 Å². The van der Waals surface area contributed by atoms with E-state index >= 15 is 0 Å². The minimum Gasteiger partial charge on any atom is -0.351 e. The van der Waals surface area contributed by atoms with Crippen LogP contribution in [0.25, 0.3) is 22.2 Å². The molecule has 1 aliphatic rings. The number of hydrogen-bond donors (Lipinski definition) is 1. The maximum absolute atomic E-state index is 14.4. The number of benzene rings is 3. The number of carbonyl (C=O) groups is 1. The first kappa shape index (κ1) is 27.7. The number of nitro benzene ring substituents is 1. The summed E-state index contributed by atoms with van der Waals surface area (Å²) >= 11 is 8.22. The Morgan fingerprint density at radius 3 is 2.55 bits per heavy atom. The summed E-state index contributed by atoms with van der Waals surface area (Å²) in [5.74, 6) is -0.969. The summed E-state index contributed by atoms with van der Waals surface area (Å²) in [5.41, 5.74) is 1.96. The lowest BCUT2D eigenvalue weighted by molar-refractivity contribution is -0.385. The van der Waals surface area contributed by atoms with Crippen molar-refractivity contribution in [2.75, 3.05) is 18.4 Å². The Kier molecular flexibility index (Phi) is 7.77. The lowest BCUT2D eigenvalue weighted by atomic mass is 10.0. The standard InChI is InChI=1S/C30H24ClFN6O3S/c31-25-17-33-30(34-19-12-14-36(15-13-19)29(39)23-11-10-20(38(40)41)16-26(23)32)35-28(25)24-18-37(27-9-5-4-8-22(24)27)42-21-6-2-1-3-7-21/h1-11,16-19H,12-15H2,(H,33,34,35). The molecule has 2 aromatic heterocycles. The van der Waals surface area contributed by atoms with E-state index in [4.69, 9.17) is 16.6 Å². The smallest absolute Gasteiger partial charge is 0.272 e. The fourth-order valence-electron chi connectivity index (χ4n) is 5.01. The minimum absolute atomic E-state index is 0.0141. The summed E-state index contributed by atoms with van der Waals surface area (Å²) in [6.07, 6.45) is 4.80. The molecule has 0 aliphatic carbocycles. The van der Waals surface area contributed by atoms with Crippen LogP contribution in [-0.2, 0) is 0 Å². The average Bonchev–Trinajstić information content (AvgIpc) is 3.36. The van der Waals surface area contributed by atoms with Gasteiger partial charge in [0.1, 0.15) is 5.82 Å². The zero-order chi connectivity index (χ0) is 29.2. The van der Waals surface area contributed by atoms with Crippen LogP contribution in [-0.4, -0.2) is 48.8 Å². The van der Waals surface area contributed by atoms with Gasteiger partial charge in [0.25, 0.3) is 11.6 Å². The highest BCUT2D eigenvalue weighted by molar-refractivity contribution is 7.98. The van der Waals surface area contributed by atoms with Crippen LogP contribution in [0.1, 0.15) is 23.2 Å². The molecule has 3 aromatic carbocycles. The summed E-state index contributed by atoms with van der Waals surface area (Å²) in [5, 5.41) is 15.7. The van der Waals surface area contributed by atoms with E-state index in [2.05, 4.69) is 32.5 Å². The highest BCUT2D eigenvalue weighted by Gasteiger charge is 2.27. The van der Waals surface area contributed by atoms with E-state index in [1.807, 2.05) is 42.6 Å². The van der Waals surface area contributed by atoms with Crippen LogP contribution in [0.5, 0.6) is 0 Å². The molecule has 42 heavy (non-hydrogen) atoms. The average molecular weight is 603 g/mol. The van der Waals surface area contributed by atoms with Crippen LogP contribution in [0.4, 0.5) is 16.0 Å². The van der Waals surface area contributed by atoms with Crippen molar-refractivity contribution in [3.05, 3.63) is 112 Å². The predicted octanol–water partition coefficient (Wildman–Crippen LogP) is 7.07. The molecule has 1 amide bonds. The number of nitrogens with one attached hydrogen (secondary N) is 1. The summed E-state index contributed by atoms with van der Waals surface area (Å²) < 4.78 is 16.5. The Morgan fingerprint density at radius 2 is 1.81 bits per heavy atom. The largest absolute Gasteiger partial charge is 0.351 e. The van der Waals surface area contributed by atoms with Crippen LogP contribution in [0, 0.1) is 15.9 Å². The van der Waals surface area contributed by atoms with Gasteiger partial charge in [-0.15, -0.1) is 0 Å². The van der Waals surface area contributed by atoms with Crippen molar-refractivity contribution in [1.29, 1.82) is 0 Å². The Labute approximate surface area is 249 Å². The van der Waals surface area contributed by atoms with Crippen molar-refractivity contribution in [3.8, 4) is 11.3 Å². The molecule has 0 atom stereocenters. The first-order valence-electron chi connectivity index (χ1n) is 13.2. The number of aromatic nitrogens is 3. The monoisotopic (exact) mass is 602 g/mol. The van der Waals surface area contributed by atoms with Crippen molar-refractivity contribution >= 4 is 52.0 Å². The number of nitro groups is 1. The third-order valence-corrected chi connectivity index (χ3v) is 8.39. The number of nitrogens with zero attached hydrogens (tertiary/aromatic N) is 5. The minimum atomic E-state index is -0.903. The first-order valence-corrected chi connectivity index (χ1v) is 14.4. The summed E-state index contributed by atoms with van der Waals surface area (Å²) in [7, 11) is 0. The highest BCUT2D eigenvalue weighted by Crippen LogP contribution is 2.37. The van der Waals surface area contributed by atoms with Crippen molar-refractivity contribution in [3.63, 3.8) is 0 Å². The Bertz CT molecular complexity index is 1790. The van der Waals surface area contributed by atoms with Crippen molar-refractivity contribution in [2.24, 2.45) is 0 Å². The summed E-state index contributed by atoms with van der Waals surface area (Å²) in [6, 6.07) is 21.2. The van der Waals surface area contributed by atoms with E-state index in [0.29, 0.717) is 42.6 Å². The molecular formula is C30H24ClFN6O3S. The topological polar surface area (TPSA) is 106 Å². The van der Waals surface area contributed by atoms with Gasteiger partial charge in [-0.3, -0.25) is 18.9 Å². The molecule has 5 aromatic rings. The number of para-hydroxylation sites is 1. The quantitative estimate of drug-likeness (QED) is 0.157. The molecule has 0 bridgehead atoms. The fourth-order valence-corrected chi connectivity index (χ4v) is 6.12. The summed E-state index contributed by atoms with van der Waals surface area (Å²) in [6.45, 7) is 0.773. The normalized spacial score (nSPS) is 13.8. The number of hydrogen-bond acceptors (Lipinski definition) is 7. The van der Waals surface area contributed by atoms with Gasteiger partial charge in [-0.1, -0.05) is 48.0 Å². The Hall–Kier alpha value is -4.48. The number of likely N-dealkylation sites (tertiary alicyclic amines) is 1. The maximum Gasteiger partial charge on any atom is 0.272 e. The molecule has 1 aliphatic heterocycles. The molecular weight excluding hydrogens is 579 g/mol. The number of carbonyl (C=O) groups excluding carboxylic acids is 1. The van der Waals surface area contributed by atoms with Crippen LogP contribution in [0.3, 0.4) is 0 Å². The number of piperidine rings is 1. The third-order valence-electron chi connectivity index (χ3n) is 7.13. The molecule has 212 valence electrons. The van der Waals surface area contributed by atoms with Crippen molar-refractivity contribution < 1.29 is 14.1 Å². The van der Waals surface area contributed by atoms with Gasteiger partial charge in [0, 0.05) is 47.2 Å². The van der Waals surface area contributed by atoms with Gasteiger partial charge in [0.15, 0.2) is 0 Å². The molecule has 9 nitrogen and oxygen atoms in total. The first-order chi connectivity index (χ1) is 20.4. The predicted molar refractivity (Wildman–Crippen MR) is 161 cm³/mol. The number of rotatable bonds is 7. The molecule has 0 unspecified atom stereocenters. The number of halogens is 2. The molecule has 6 rings (SSSR count). The van der Waals surface area contributed by atoms with E-state index in [-0.39, 0.29) is 11.6 Å². The molecule has 3 heterocycles. The molecule has 0 spiro atoms. The van der Waals surface area contributed by atoms with Gasteiger partial charge in [-0.05, 0) is 49.1 Å². The third kappa shape index (κ3) is 5.65.